The number of nitrogens with zero attached hydrogens (tertiary/aromatic N) is 4. The van der Waals surface area contributed by atoms with Crippen molar-refractivity contribution in [2.24, 2.45) is 0 Å². The van der Waals surface area contributed by atoms with Crippen molar-refractivity contribution in [2.45, 2.75) is 0 Å². The third-order valence-electron chi connectivity index (χ3n) is 2.33. The molecule has 0 aliphatic carbocycles. The highest BCUT2D eigenvalue weighted by Gasteiger charge is 2.13. The number of aromatic nitrogens is 2. The average molecular weight is 236 g/mol. The van der Waals surface area contributed by atoms with E-state index in [1.165, 1.54) is 0 Å². The predicted molar refractivity (Wildman–Crippen MR) is 65.7 cm³/mol. The largest absolute Gasteiger partial charge is 0.382 e. The van der Waals surface area contributed by atoms with E-state index in [1.54, 1.807) is 24.3 Å². The van der Waals surface area contributed by atoms with Gasteiger partial charge in [0.1, 0.15) is 17.5 Å². The summed E-state index contributed by atoms with van der Waals surface area (Å²) in [4.78, 5) is 7.74. The summed E-state index contributed by atoms with van der Waals surface area (Å²) in [6, 6.07) is 10.6. The fraction of sp³-hybridized carbons (Fsp3) is 0. The first kappa shape index (κ1) is 11.4. The Balaban J connectivity index is 2.71. The van der Waals surface area contributed by atoms with Gasteiger partial charge in [-0.05, 0) is 12.1 Å². The minimum absolute atomic E-state index is 0.0103. The molecule has 2 rings (SSSR count). The SMILES string of the molecule is N#Cc1cccc(-c2nc(N)nc(N)c2C#N)c1. The van der Waals surface area contributed by atoms with E-state index in [4.69, 9.17) is 22.0 Å². The molecule has 18 heavy (non-hydrogen) atoms. The van der Waals surface area contributed by atoms with E-state index in [-0.39, 0.29) is 17.3 Å². The number of rotatable bonds is 1. The molecule has 0 fully saturated rings. The second kappa shape index (κ2) is 4.40. The van der Waals surface area contributed by atoms with Gasteiger partial charge in [0.25, 0.3) is 0 Å². The standard InChI is InChI=1S/C12H8N6/c13-5-7-2-1-3-8(4-7)10-9(6-14)11(15)18-12(16)17-10/h1-4H,(H4,15,16,17,18). The molecule has 0 amide bonds. The zero-order valence-corrected chi connectivity index (χ0v) is 9.25. The highest BCUT2D eigenvalue weighted by atomic mass is 15.0. The Bertz CT molecular complexity index is 693. The summed E-state index contributed by atoms with van der Waals surface area (Å²) in [7, 11) is 0. The lowest BCUT2D eigenvalue weighted by Gasteiger charge is -2.06. The van der Waals surface area contributed by atoms with Gasteiger partial charge in [0, 0.05) is 5.56 Å². The summed E-state index contributed by atoms with van der Waals surface area (Å²) < 4.78 is 0. The van der Waals surface area contributed by atoms with E-state index in [2.05, 4.69) is 9.97 Å². The Hall–Kier alpha value is -3.12. The maximum atomic E-state index is 9.06. The third-order valence-corrected chi connectivity index (χ3v) is 2.33. The molecule has 0 radical (unpaired) electrons. The summed E-state index contributed by atoms with van der Waals surface area (Å²) in [6.45, 7) is 0. The first-order chi connectivity index (χ1) is 8.65. The first-order valence-electron chi connectivity index (χ1n) is 4.99. The van der Waals surface area contributed by atoms with Crippen molar-refractivity contribution in [1.82, 2.24) is 9.97 Å². The fourth-order valence-corrected chi connectivity index (χ4v) is 1.55. The number of nitrogens with two attached hydrogens (primary N) is 2. The lowest BCUT2D eigenvalue weighted by Crippen LogP contribution is -2.05. The zero-order valence-electron chi connectivity index (χ0n) is 9.25. The molecule has 0 bridgehead atoms. The lowest BCUT2D eigenvalue weighted by atomic mass is 10.0. The van der Waals surface area contributed by atoms with Crippen LogP contribution in [0.3, 0.4) is 0 Å². The highest BCUT2D eigenvalue weighted by molar-refractivity contribution is 5.73. The fourth-order valence-electron chi connectivity index (χ4n) is 1.55. The van der Waals surface area contributed by atoms with Crippen molar-refractivity contribution in [1.29, 1.82) is 10.5 Å². The molecule has 0 atom stereocenters. The number of anilines is 2. The normalized spacial score (nSPS) is 9.44. The van der Waals surface area contributed by atoms with Crippen molar-refractivity contribution < 1.29 is 0 Å². The molecule has 4 N–H and O–H groups in total. The molecule has 6 nitrogen and oxygen atoms in total. The van der Waals surface area contributed by atoms with E-state index < -0.39 is 0 Å². The Kier molecular flexibility index (Phi) is 2.78. The van der Waals surface area contributed by atoms with E-state index in [1.807, 2.05) is 12.1 Å². The molecule has 0 saturated carbocycles. The number of hydrogen-bond donors (Lipinski definition) is 2. The summed E-state index contributed by atoms with van der Waals surface area (Å²) in [5.74, 6) is 0.0196. The van der Waals surface area contributed by atoms with Gasteiger partial charge in [-0.2, -0.15) is 15.5 Å². The number of hydrogen-bond acceptors (Lipinski definition) is 6. The van der Waals surface area contributed by atoms with Gasteiger partial charge in [-0.3, -0.25) is 0 Å². The summed E-state index contributed by atoms with van der Waals surface area (Å²) in [5, 5.41) is 17.9. The van der Waals surface area contributed by atoms with Gasteiger partial charge in [0.15, 0.2) is 0 Å². The van der Waals surface area contributed by atoms with Crippen LogP contribution in [-0.4, -0.2) is 9.97 Å². The Morgan fingerprint density at radius 2 is 1.83 bits per heavy atom. The number of nitriles is 2. The van der Waals surface area contributed by atoms with E-state index in [0.29, 0.717) is 16.8 Å². The quantitative estimate of drug-likeness (QED) is 0.762. The molecule has 0 saturated heterocycles. The summed E-state index contributed by atoms with van der Waals surface area (Å²) in [5.41, 5.74) is 12.7. The monoisotopic (exact) mass is 236 g/mol. The van der Waals surface area contributed by atoms with Crippen LogP contribution in [0.1, 0.15) is 11.1 Å². The van der Waals surface area contributed by atoms with Gasteiger partial charge in [-0.1, -0.05) is 12.1 Å². The van der Waals surface area contributed by atoms with Crippen molar-refractivity contribution in [3.63, 3.8) is 0 Å². The molecule has 86 valence electrons. The molecule has 2 aromatic rings. The van der Waals surface area contributed by atoms with E-state index >= 15 is 0 Å². The van der Waals surface area contributed by atoms with Gasteiger partial charge in [0.05, 0.1) is 17.3 Å². The molecule has 1 aromatic heterocycles. The van der Waals surface area contributed by atoms with Gasteiger partial charge in [-0.25, -0.2) is 4.98 Å². The molecule has 6 heteroatoms. The molecule has 0 unspecified atom stereocenters. The predicted octanol–water partition coefficient (Wildman–Crippen LogP) is 1.05. The van der Waals surface area contributed by atoms with Crippen LogP contribution in [-0.2, 0) is 0 Å². The summed E-state index contributed by atoms with van der Waals surface area (Å²) in [6.07, 6.45) is 0. The molecule has 0 aliphatic heterocycles. The summed E-state index contributed by atoms with van der Waals surface area (Å²) >= 11 is 0. The van der Waals surface area contributed by atoms with E-state index in [9.17, 15) is 0 Å². The second-order valence-corrected chi connectivity index (χ2v) is 3.50. The first-order valence-corrected chi connectivity index (χ1v) is 4.99. The Labute approximate surface area is 103 Å². The van der Waals surface area contributed by atoms with Gasteiger partial charge >= 0.3 is 0 Å². The van der Waals surface area contributed by atoms with Gasteiger partial charge < -0.3 is 11.5 Å². The maximum absolute atomic E-state index is 9.06. The van der Waals surface area contributed by atoms with Crippen LogP contribution in [0, 0.1) is 22.7 Å². The third kappa shape index (κ3) is 1.91. The van der Waals surface area contributed by atoms with Gasteiger partial charge in [-0.15, -0.1) is 0 Å². The van der Waals surface area contributed by atoms with Crippen LogP contribution in [0.4, 0.5) is 11.8 Å². The Morgan fingerprint density at radius 1 is 1.06 bits per heavy atom. The van der Waals surface area contributed by atoms with Crippen molar-refractivity contribution >= 4 is 11.8 Å². The molecule has 1 heterocycles. The average Bonchev–Trinajstić information content (AvgIpc) is 2.38. The lowest BCUT2D eigenvalue weighted by molar-refractivity contribution is 1.18. The van der Waals surface area contributed by atoms with Crippen molar-refractivity contribution in [2.75, 3.05) is 11.5 Å². The zero-order chi connectivity index (χ0) is 13.1. The van der Waals surface area contributed by atoms with Crippen LogP contribution < -0.4 is 11.5 Å². The van der Waals surface area contributed by atoms with Crippen LogP contribution in [0.5, 0.6) is 0 Å². The van der Waals surface area contributed by atoms with Gasteiger partial charge in [0.2, 0.25) is 5.95 Å². The molecule has 0 spiro atoms. The maximum Gasteiger partial charge on any atom is 0.222 e. The van der Waals surface area contributed by atoms with Crippen LogP contribution >= 0.6 is 0 Å². The second-order valence-electron chi connectivity index (χ2n) is 3.50. The minimum atomic E-state index is -0.0103. The van der Waals surface area contributed by atoms with Crippen LogP contribution in [0.2, 0.25) is 0 Å². The molecule has 1 aromatic carbocycles. The van der Waals surface area contributed by atoms with Crippen molar-refractivity contribution in [3.05, 3.63) is 35.4 Å². The topological polar surface area (TPSA) is 125 Å². The van der Waals surface area contributed by atoms with Crippen LogP contribution in [0.25, 0.3) is 11.3 Å². The van der Waals surface area contributed by atoms with E-state index in [0.717, 1.165) is 0 Å². The van der Waals surface area contributed by atoms with Crippen molar-refractivity contribution in [3.8, 4) is 23.4 Å². The molecular weight excluding hydrogens is 228 g/mol. The smallest absolute Gasteiger partial charge is 0.222 e. The minimum Gasteiger partial charge on any atom is -0.382 e. The van der Waals surface area contributed by atoms with Crippen LogP contribution in [0.15, 0.2) is 24.3 Å². The molecule has 0 aliphatic rings. The number of benzene rings is 1. The number of nitrogen functional groups attached to an aromatic ring is 2. The highest BCUT2D eigenvalue weighted by Crippen LogP contribution is 2.25. The Morgan fingerprint density at radius 3 is 2.50 bits per heavy atom. The molecular formula is C12H8N6.